The van der Waals surface area contributed by atoms with Crippen LogP contribution in [0, 0.1) is 0 Å². The van der Waals surface area contributed by atoms with Crippen LogP contribution in [0.1, 0.15) is 0 Å². The molecule has 5 nitrogen and oxygen atoms in total. The predicted molar refractivity (Wildman–Crippen MR) is 42.5 cm³/mol. The minimum Gasteiger partial charge on any atom is -0.481 e. The molecule has 0 amide bonds. The molecule has 0 bridgehead atoms. The summed E-state index contributed by atoms with van der Waals surface area (Å²) in [5.74, 6) is 6.10. The molecule has 0 aliphatic carbocycles. The van der Waals surface area contributed by atoms with Gasteiger partial charge >= 0.3 is 0 Å². The topological polar surface area (TPSA) is 62.9 Å². The summed E-state index contributed by atoms with van der Waals surface area (Å²) in [5.41, 5.74) is 0. The van der Waals surface area contributed by atoms with E-state index in [0.717, 1.165) is 0 Å². The van der Waals surface area contributed by atoms with Gasteiger partial charge in [0.05, 0.1) is 7.11 Å². The molecule has 1 atom stereocenters. The third-order valence-corrected chi connectivity index (χ3v) is 1.39. The number of methoxy groups -OCH3 is 1. The average Bonchev–Trinajstić information content (AvgIpc) is 2.05. The van der Waals surface area contributed by atoms with Crippen LogP contribution in [-0.2, 0) is 4.74 Å². The zero-order valence-electron chi connectivity index (χ0n) is 6.61. The molecule has 0 radical (unpaired) electrons. The van der Waals surface area contributed by atoms with Crippen molar-refractivity contribution in [1.29, 1.82) is 0 Å². The number of nitrogens with two attached hydrogens (primary N) is 1. The monoisotopic (exact) mass is 156 g/mol. The first-order chi connectivity index (χ1) is 5.27. The van der Waals surface area contributed by atoms with E-state index in [-0.39, 0.29) is 6.29 Å². The second kappa shape index (κ2) is 3.36. The minimum absolute atomic E-state index is 0.227. The van der Waals surface area contributed by atoms with E-state index in [1.54, 1.807) is 26.4 Å². The largest absolute Gasteiger partial charge is 0.481 e. The zero-order valence-corrected chi connectivity index (χ0v) is 6.61. The van der Waals surface area contributed by atoms with Crippen LogP contribution < -0.4 is 11.2 Å². The molecule has 0 saturated heterocycles. The van der Waals surface area contributed by atoms with Crippen molar-refractivity contribution in [2.45, 2.75) is 6.29 Å². The fourth-order valence-corrected chi connectivity index (χ4v) is 0.796. The Morgan fingerprint density at radius 2 is 2.55 bits per heavy atom. The number of hydrogen-bond donors (Lipinski definition) is 2. The summed E-state index contributed by atoms with van der Waals surface area (Å²) in [4.78, 5) is 4.10. The number of nitrogens with zero attached hydrogens (tertiary/aromatic N) is 2. The third kappa shape index (κ3) is 1.69. The third-order valence-electron chi connectivity index (χ3n) is 1.39. The van der Waals surface area contributed by atoms with Crippen molar-refractivity contribution < 1.29 is 4.74 Å². The maximum Gasteiger partial charge on any atom is 0.213 e. The number of hydrazine groups is 1. The van der Waals surface area contributed by atoms with Crippen molar-refractivity contribution in [2.75, 3.05) is 14.2 Å². The summed E-state index contributed by atoms with van der Waals surface area (Å²) in [6.45, 7) is 0. The second-order valence-electron chi connectivity index (χ2n) is 2.10. The summed E-state index contributed by atoms with van der Waals surface area (Å²) < 4.78 is 4.91. The molecule has 0 aromatic carbocycles. The lowest BCUT2D eigenvalue weighted by Gasteiger charge is -2.24. The van der Waals surface area contributed by atoms with Gasteiger partial charge < -0.3 is 4.74 Å². The average molecular weight is 156 g/mol. The SMILES string of the molecule is CNC1N=C(OC)C=CN1N. The van der Waals surface area contributed by atoms with Crippen LogP contribution in [0.3, 0.4) is 0 Å². The Hall–Kier alpha value is -1.07. The first-order valence-electron chi connectivity index (χ1n) is 3.28. The van der Waals surface area contributed by atoms with Gasteiger partial charge in [0.1, 0.15) is 0 Å². The molecule has 0 spiro atoms. The lowest BCUT2D eigenvalue weighted by Crippen LogP contribution is -2.46. The molecule has 1 aliphatic heterocycles. The molecule has 0 saturated carbocycles. The summed E-state index contributed by atoms with van der Waals surface area (Å²) in [6.07, 6.45) is 3.18. The second-order valence-corrected chi connectivity index (χ2v) is 2.10. The number of ether oxygens (including phenoxy) is 1. The van der Waals surface area contributed by atoms with Crippen LogP contribution in [0.5, 0.6) is 0 Å². The normalized spacial score (nSPS) is 23.4. The standard InChI is InChI=1S/C6H12N4O/c1-8-6-9-5(11-2)3-4-10(6)7/h3-4,6,8H,7H2,1-2H3. The molecular weight excluding hydrogens is 144 g/mol. The summed E-state index contributed by atoms with van der Waals surface area (Å²) in [5, 5.41) is 4.36. The quantitative estimate of drug-likeness (QED) is 0.490. The zero-order chi connectivity index (χ0) is 8.27. The van der Waals surface area contributed by atoms with E-state index in [4.69, 9.17) is 10.6 Å². The summed E-state index contributed by atoms with van der Waals surface area (Å²) in [7, 11) is 3.35. The van der Waals surface area contributed by atoms with Crippen molar-refractivity contribution in [3.63, 3.8) is 0 Å². The maximum absolute atomic E-state index is 5.53. The highest BCUT2D eigenvalue weighted by Crippen LogP contribution is 2.00. The highest BCUT2D eigenvalue weighted by atomic mass is 16.5. The number of hydrogen-bond acceptors (Lipinski definition) is 5. The fourth-order valence-electron chi connectivity index (χ4n) is 0.796. The highest BCUT2D eigenvalue weighted by molar-refractivity contribution is 5.88. The van der Waals surface area contributed by atoms with E-state index in [2.05, 4.69) is 10.3 Å². The van der Waals surface area contributed by atoms with Gasteiger partial charge in [0.2, 0.25) is 5.90 Å². The van der Waals surface area contributed by atoms with Crippen molar-refractivity contribution in [1.82, 2.24) is 10.3 Å². The molecule has 0 fully saturated rings. The Morgan fingerprint density at radius 3 is 3.09 bits per heavy atom. The van der Waals surface area contributed by atoms with Crippen LogP contribution in [0.4, 0.5) is 0 Å². The van der Waals surface area contributed by atoms with Crippen molar-refractivity contribution >= 4 is 5.90 Å². The van der Waals surface area contributed by atoms with Crippen LogP contribution in [0.15, 0.2) is 17.3 Å². The van der Waals surface area contributed by atoms with E-state index >= 15 is 0 Å². The Bertz CT molecular complexity index is 189. The number of nitrogens with one attached hydrogen (secondary N) is 1. The lowest BCUT2D eigenvalue weighted by atomic mass is 10.5. The summed E-state index contributed by atoms with van der Waals surface area (Å²) >= 11 is 0. The van der Waals surface area contributed by atoms with Gasteiger partial charge in [-0.05, 0) is 7.05 Å². The molecule has 5 heteroatoms. The van der Waals surface area contributed by atoms with Crippen molar-refractivity contribution in [3.05, 3.63) is 12.3 Å². The molecule has 62 valence electrons. The molecule has 11 heavy (non-hydrogen) atoms. The molecule has 1 rings (SSSR count). The Balaban J connectivity index is 2.67. The first-order valence-corrected chi connectivity index (χ1v) is 3.28. The van der Waals surface area contributed by atoms with E-state index < -0.39 is 0 Å². The van der Waals surface area contributed by atoms with Crippen LogP contribution in [0.25, 0.3) is 0 Å². The Morgan fingerprint density at radius 1 is 1.82 bits per heavy atom. The first kappa shape index (κ1) is 8.03. The minimum atomic E-state index is -0.227. The lowest BCUT2D eigenvalue weighted by molar-refractivity contribution is 0.246. The molecule has 1 unspecified atom stereocenters. The van der Waals surface area contributed by atoms with E-state index in [9.17, 15) is 0 Å². The number of rotatable bonds is 1. The van der Waals surface area contributed by atoms with E-state index in [0.29, 0.717) is 5.90 Å². The van der Waals surface area contributed by atoms with Gasteiger partial charge in [0, 0.05) is 12.3 Å². The molecule has 0 aromatic heterocycles. The fraction of sp³-hybridized carbons (Fsp3) is 0.500. The molecular formula is C6H12N4O. The maximum atomic E-state index is 5.53. The Kier molecular flexibility index (Phi) is 2.45. The van der Waals surface area contributed by atoms with Crippen LogP contribution in [0.2, 0.25) is 0 Å². The van der Waals surface area contributed by atoms with Gasteiger partial charge in [-0.15, -0.1) is 0 Å². The van der Waals surface area contributed by atoms with Gasteiger partial charge in [-0.3, -0.25) is 10.3 Å². The molecule has 0 aromatic rings. The molecule has 3 N–H and O–H groups in total. The van der Waals surface area contributed by atoms with E-state index in [1.165, 1.54) is 5.01 Å². The van der Waals surface area contributed by atoms with Crippen molar-refractivity contribution in [3.8, 4) is 0 Å². The van der Waals surface area contributed by atoms with E-state index in [1.807, 2.05) is 0 Å². The van der Waals surface area contributed by atoms with Gasteiger partial charge in [-0.1, -0.05) is 0 Å². The van der Waals surface area contributed by atoms with Gasteiger partial charge in [0.25, 0.3) is 0 Å². The van der Waals surface area contributed by atoms with Crippen LogP contribution in [-0.4, -0.2) is 31.4 Å². The number of aliphatic imine (C=N–C) groups is 1. The van der Waals surface area contributed by atoms with Gasteiger partial charge in [-0.2, -0.15) is 0 Å². The van der Waals surface area contributed by atoms with Gasteiger partial charge in [0.15, 0.2) is 6.29 Å². The van der Waals surface area contributed by atoms with Gasteiger partial charge in [-0.25, -0.2) is 10.8 Å². The summed E-state index contributed by atoms with van der Waals surface area (Å²) in [6, 6.07) is 0. The molecule has 1 heterocycles. The molecule has 1 aliphatic rings. The predicted octanol–water partition coefficient (Wildman–Crippen LogP) is -0.763. The highest BCUT2D eigenvalue weighted by Gasteiger charge is 2.12. The smallest absolute Gasteiger partial charge is 0.213 e. The Labute approximate surface area is 65.5 Å². The van der Waals surface area contributed by atoms with Crippen LogP contribution >= 0.6 is 0 Å². The van der Waals surface area contributed by atoms with Crippen molar-refractivity contribution in [2.24, 2.45) is 10.8 Å².